The molecule has 0 bridgehead atoms. The van der Waals surface area contributed by atoms with Crippen LogP contribution in [0.3, 0.4) is 0 Å². The molecular weight excluding hydrogens is 281 g/mol. The van der Waals surface area contributed by atoms with Crippen LogP contribution in [0.15, 0.2) is 18.3 Å². The molecule has 116 valence electrons. The Morgan fingerprint density at radius 1 is 1.41 bits per heavy atom. The largest absolute Gasteiger partial charge is 0.391 e. The molecule has 1 aromatic heterocycles. The van der Waals surface area contributed by atoms with Crippen molar-refractivity contribution in [2.75, 3.05) is 11.9 Å². The fourth-order valence-corrected chi connectivity index (χ4v) is 2.22. The highest BCUT2D eigenvalue weighted by molar-refractivity contribution is 5.95. The Morgan fingerprint density at radius 2 is 2.09 bits per heavy atom. The van der Waals surface area contributed by atoms with Crippen LogP contribution in [0.5, 0.6) is 0 Å². The number of nitrogens with zero attached hydrogens (tertiary/aromatic N) is 2. The molecule has 0 saturated carbocycles. The van der Waals surface area contributed by atoms with Gasteiger partial charge in [0.15, 0.2) is 0 Å². The zero-order chi connectivity index (χ0) is 16.5. The lowest BCUT2D eigenvalue weighted by Gasteiger charge is -2.26. The van der Waals surface area contributed by atoms with Crippen molar-refractivity contribution in [3.05, 3.63) is 35.3 Å². The van der Waals surface area contributed by atoms with Crippen LogP contribution in [0.25, 0.3) is 10.9 Å². The van der Waals surface area contributed by atoms with Gasteiger partial charge in [-0.25, -0.2) is 4.39 Å². The Bertz CT molecular complexity index is 744. The molecule has 1 atom stereocenters. The number of hydrogen-bond acceptors (Lipinski definition) is 4. The fraction of sp³-hybridized carbons (Fsp3) is 0.412. The first-order chi connectivity index (χ1) is 10.2. The third-order valence-corrected chi connectivity index (χ3v) is 3.72. The molecule has 5 heteroatoms. The Kier molecular flexibility index (Phi) is 4.34. The molecule has 0 aliphatic rings. The van der Waals surface area contributed by atoms with Gasteiger partial charge >= 0.3 is 0 Å². The van der Waals surface area contributed by atoms with E-state index in [-0.39, 0.29) is 17.8 Å². The highest BCUT2D eigenvalue weighted by Crippen LogP contribution is 2.29. The van der Waals surface area contributed by atoms with Crippen LogP contribution in [0.2, 0.25) is 0 Å². The van der Waals surface area contributed by atoms with Crippen LogP contribution >= 0.6 is 0 Å². The predicted molar refractivity (Wildman–Crippen MR) is 85.1 cm³/mol. The van der Waals surface area contributed by atoms with Gasteiger partial charge in [0.1, 0.15) is 11.9 Å². The van der Waals surface area contributed by atoms with Crippen molar-refractivity contribution in [2.45, 2.75) is 33.8 Å². The van der Waals surface area contributed by atoms with Crippen LogP contribution in [0, 0.1) is 29.5 Å². The predicted octanol–water partition coefficient (Wildman–Crippen LogP) is 3.37. The highest BCUT2D eigenvalue weighted by atomic mass is 19.1. The maximum atomic E-state index is 13.7. The minimum atomic E-state index is -0.600. The number of anilines is 1. The SMILES string of the molecule is Cc1cc(F)cc2c(NCC(O)C(C)(C)C)c(C#N)cnc12. The lowest BCUT2D eigenvalue weighted by Crippen LogP contribution is -2.33. The van der Waals surface area contributed by atoms with E-state index in [1.54, 1.807) is 6.92 Å². The van der Waals surface area contributed by atoms with Gasteiger partial charge in [-0.2, -0.15) is 5.26 Å². The number of aliphatic hydroxyl groups is 1. The third kappa shape index (κ3) is 3.18. The summed E-state index contributed by atoms with van der Waals surface area (Å²) in [4.78, 5) is 4.24. The molecule has 0 amide bonds. The molecule has 22 heavy (non-hydrogen) atoms. The zero-order valence-electron chi connectivity index (χ0n) is 13.2. The number of aliphatic hydroxyl groups excluding tert-OH is 1. The van der Waals surface area contributed by atoms with Gasteiger partial charge in [0.2, 0.25) is 0 Å². The van der Waals surface area contributed by atoms with Crippen LogP contribution in [-0.4, -0.2) is 22.7 Å². The first-order valence-corrected chi connectivity index (χ1v) is 7.15. The summed E-state index contributed by atoms with van der Waals surface area (Å²) in [5, 5.41) is 23.1. The summed E-state index contributed by atoms with van der Waals surface area (Å²) in [7, 11) is 0. The van der Waals surface area contributed by atoms with Gasteiger partial charge in [0.25, 0.3) is 0 Å². The summed E-state index contributed by atoms with van der Waals surface area (Å²) in [6.07, 6.45) is 0.871. The van der Waals surface area contributed by atoms with E-state index in [0.717, 1.165) is 0 Å². The second-order valence-corrected chi connectivity index (χ2v) is 6.54. The number of aryl methyl sites for hydroxylation is 1. The standard InChI is InChI=1S/C17H20FN3O/c1-10-5-12(18)6-13-15(10)20-8-11(7-19)16(13)21-9-14(22)17(2,3)4/h5-6,8,14,22H,9H2,1-4H3,(H,20,21). The van der Waals surface area contributed by atoms with Crippen molar-refractivity contribution >= 4 is 16.6 Å². The van der Waals surface area contributed by atoms with Gasteiger partial charge in [0, 0.05) is 18.1 Å². The number of nitriles is 1. The van der Waals surface area contributed by atoms with Crippen molar-refractivity contribution < 1.29 is 9.50 Å². The number of pyridine rings is 1. The number of nitrogens with one attached hydrogen (secondary N) is 1. The second kappa shape index (κ2) is 5.90. The summed E-state index contributed by atoms with van der Waals surface area (Å²) in [6, 6.07) is 4.83. The minimum Gasteiger partial charge on any atom is -0.391 e. The quantitative estimate of drug-likeness (QED) is 0.912. The fourth-order valence-electron chi connectivity index (χ4n) is 2.22. The summed E-state index contributed by atoms with van der Waals surface area (Å²) < 4.78 is 13.7. The maximum Gasteiger partial charge on any atom is 0.124 e. The molecule has 1 unspecified atom stereocenters. The molecule has 0 aliphatic heterocycles. The van der Waals surface area contributed by atoms with E-state index in [1.165, 1.54) is 18.3 Å². The average molecular weight is 301 g/mol. The van der Waals surface area contributed by atoms with Gasteiger partial charge in [-0.1, -0.05) is 20.8 Å². The number of rotatable bonds is 3. The van der Waals surface area contributed by atoms with Crippen LogP contribution in [0.1, 0.15) is 31.9 Å². The van der Waals surface area contributed by atoms with E-state index in [2.05, 4.69) is 16.4 Å². The molecule has 1 heterocycles. The van der Waals surface area contributed by atoms with Crippen molar-refractivity contribution in [3.8, 4) is 6.07 Å². The van der Waals surface area contributed by atoms with E-state index in [4.69, 9.17) is 0 Å². The minimum absolute atomic E-state index is 0.271. The summed E-state index contributed by atoms with van der Waals surface area (Å²) in [6.45, 7) is 7.84. The van der Waals surface area contributed by atoms with Crippen LogP contribution in [-0.2, 0) is 0 Å². The van der Waals surface area contributed by atoms with Gasteiger partial charge in [-0.15, -0.1) is 0 Å². The van der Waals surface area contributed by atoms with Crippen molar-refractivity contribution in [1.82, 2.24) is 4.98 Å². The van der Waals surface area contributed by atoms with Crippen molar-refractivity contribution in [1.29, 1.82) is 5.26 Å². The first-order valence-electron chi connectivity index (χ1n) is 7.15. The maximum absolute atomic E-state index is 13.7. The van der Waals surface area contributed by atoms with Gasteiger partial charge in [-0.3, -0.25) is 4.98 Å². The Balaban J connectivity index is 2.49. The second-order valence-electron chi connectivity index (χ2n) is 6.54. The smallest absolute Gasteiger partial charge is 0.124 e. The number of hydrogen-bond donors (Lipinski definition) is 2. The Morgan fingerprint density at radius 3 is 2.68 bits per heavy atom. The molecule has 0 saturated heterocycles. The van der Waals surface area contributed by atoms with Gasteiger partial charge < -0.3 is 10.4 Å². The molecule has 0 fully saturated rings. The molecule has 0 aliphatic carbocycles. The summed E-state index contributed by atoms with van der Waals surface area (Å²) in [5.74, 6) is -0.374. The molecule has 2 aromatic rings. The lowest BCUT2D eigenvalue weighted by atomic mass is 9.89. The van der Waals surface area contributed by atoms with Crippen molar-refractivity contribution in [3.63, 3.8) is 0 Å². The number of aromatic nitrogens is 1. The van der Waals surface area contributed by atoms with Gasteiger partial charge in [-0.05, 0) is 30.0 Å². The molecule has 2 N–H and O–H groups in total. The number of benzene rings is 1. The van der Waals surface area contributed by atoms with Crippen LogP contribution in [0.4, 0.5) is 10.1 Å². The Labute approximate surface area is 129 Å². The molecule has 0 radical (unpaired) electrons. The molecule has 1 aromatic carbocycles. The molecular formula is C17H20FN3O. The molecule has 0 spiro atoms. The summed E-state index contributed by atoms with van der Waals surface area (Å²) in [5.41, 5.74) is 1.91. The lowest BCUT2D eigenvalue weighted by molar-refractivity contribution is 0.0746. The third-order valence-electron chi connectivity index (χ3n) is 3.72. The molecule has 2 rings (SSSR count). The zero-order valence-corrected chi connectivity index (χ0v) is 13.2. The molecule has 4 nitrogen and oxygen atoms in total. The average Bonchev–Trinajstić information content (AvgIpc) is 2.43. The van der Waals surface area contributed by atoms with E-state index < -0.39 is 6.10 Å². The van der Waals surface area contributed by atoms with Crippen molar-refractivity contribution in [2.24, 2.45) is 5.41 Å². The van der Waals surface area contributed by atoms with E-state index in [1.807, 2.05) is 20.8 Å². The number of fused-ring (bicyclic) bond motifs is 1. The van der Waals surface area contributed by atoms with E-state index in [0.29, 0.717) is 27.7 Å². The monoisotopic (exact) mass is 301 g/mol. The normalized spacial score (nSPS) is 13.0. The topological polar surface area (TPSA) is 68.9 Å². The number of halogens is 1. The van der Waals surface area contributed by atoms with E-state index >= 15 is 0 Å². The van der Waals surface area contributed by atoms with Crippen LogP contribution < -0.4 is 5.32 Å². The van der Waals surface area contributed by atoms with Gasteiger partial charge in [0.05, 0.1) is 22.9 Å². The Hall–Kier alpha value is -2.19. The highest BCUT2D eigenvalue weighted by Gasteiger charge is 2.22. The van der Waals surface area contributed by atoms with E-state index in [9.17, 15) is 14.8 Å². The summed E-state index contributed by atoms with van der Waals surface area (Å²) >= 11 is 0. The first kappa shape index (κ1) is 16.2.